The summed E-state index contributed by atoms with van der Waals surface area (Å²) in [5.41, 5.74) is 3.45. The Labute approximate surface area is 289 Å². The van der Waals surface area contributed by atoms with Gasteiger partial charge >= 0.3 is 0 Å². The Hall–Kier alpha value is -4.74. The lowest BCUT2D eigenvalue weighted by atomic mass is 9.94. The molecule has 4 aromatic rings. The number of aryl methyl sites for hydroxylation is 1. The van der Waals surface area contributed by atoms with E-state index in [-0.39, 0.29) is 70.2 Å². The molecule has 0 saturated carbocycles. The molecule has 0 bridgehead atoms. The number of likely N-dealkylation sites (N-methyl/N-ethyl adjacent to an activating group) is 1. The van der Waals surface area contributed by atoms with Crippen molar-refractivity contribution in [2.75, 3.05) is 44.0 Å². The van der Waals surface area contributed by atoms with Crippen LogP contribution in [0, 0.1) is 12.7 Å². The first-order chi connectivity index (χ1) is 23.2. The van der Waals surface area contributed by atoms with Gasteiger partial charge < -0.3 is 24.7 Å². The van der Waals surface area contributed by atoms with E-state index in [1.54, 1.807) is 18.0 Å². The zero-order chi connectivity index (χ0) is 35.6. The lowest BCUT2D eigenvalue weighted by Crippen LogP contribution is -2.66. The van der Waals surface area contributed by atoms with Gasteiger partial charge in [-0.1, -0.05) is 50.2 Å². The molecule has 4 heterocycles. The number of rotatable bonds is 6. The summed E-state index contributed by atoms with van der Waals surface area (Å²) in [5.74, 6) is -1.72. The summed E-state index contributed by atoms with van der Waals surface area (Å²) in [6.07, 6.45) is 1.23. The number of anilines is 2. The summed E-state index contributed by atoms with van der Waals surface area (Å²) in [7, 11) is 5.54. The molecule has 10 nitrogen and oxygen atoms in total. The molecule has 6 rings (SSSR count). The van der Waals surface area contributed by atoms with Crippen molar-refractivity contribution in [2.24, 2.45) is 0 Å². The van der Waals surface area contributed by atoms with Gasteiger partial charge in [0.15, 0.2) is 0 Å². The maximum Gasteiger partial charge on any atom is 0.282 e. The van der Waals surface area contributed by atoms with Gasteiger partial charge in [0, 0.05) is 31.6 Å². The molecule has 2 aliphatic rings. The summed E-state index contributed by atoms with van der Waals surface area (Å²) in [6, 6.07) is 8.49. The maximum atomic E-state index is 15.4. The van der Waals surface area contributed by atoms with Gasteiger partial charge in [-0.05, 0) is 74.8 Å². The van der Waals surface area contributed by atoms with Crippen LogP contribution in [0.5, 0.6) is 5.75 Å². The van der Waals surface area contributed by atoms with E-state index in [2.05, 4.69) is 17.5 Å². The van der Waals surface area contributed by atoms with Crippen LogP contribution in [0.15, 0.2) is 53.8 Å². The summed E-state index contributed by atoms with van der Waals surface area (Å²) in [5, 5.41) is 11.3. The number of carbonyl (C=O) groups is 2. The standard InChI is InChI=1S/C37H40ClFN6O4/c1-9-29(47)43-16-21(5)44-27(18-43)36(48)42(8)34-33(44)24-15-25(38)31(30-26(39)11-10-12-28(30)46)40-35(24)45(37(34)49)32-20(4)13-22(17-41(6)7)14-23(32)19(2)3/h9-15,19,21,27,46H,1,16-18H2,2-8H3/t21-,27+/m0/s1. The van der Waals surface area contributed by atoms with Crippen molar-refractivity contribution in [2.45, 2.75) is 52.2 Å². The van der Waals surface area contributed by atoms with Crippen LogP contribution in [0.3, 0.4) is 0 Å². The van der Waals surface area contributed by atoms with Crippen LogP contribution in [0.2, 0.25) is 5.02 Å². The first-order valence-corrected chi connectivity index (χ1v) is 16.6. The molecule has 0 aliphatic carbocycles. The molecule has 256 valence electrons. The molecule has 0 radical (unpaired) electrons. The lowest BCUT2D eigenvalue weighted by Gasteiger charge is -2.50. The second kappa shape index (κ2) is 12.6. The molecule has 2 aromatic carbocycles. The van der Waals surface area contributed by atoms with Crippen LogP contribution < -0.4 is 15.4 Å². The minimum Gasteiger partial charge on any atom is -0.507 e. The Morgan fingerprint density at radius 1 is 1.16 bits per heavy atom. The fraction of sp³-hybridized carbons (Fsp3) is 0.351. The van der Waals surface area contributed by atoms with Crippen molar-refractivity contribution in [1.82, 2.24) is 19.4 Å². The topological polar surface area (TPSA) is 102 Å². The molecule has 1 fully saturated rings. The van der Waals surface area contributed by atoms with E-state index in [1.165, 1.54) is 33.7 Å². The van der Waals surface area contributed by atoms with Gasteiger partial charge in [-0.25, -0.2) is 9.37 Å². The Morgan fingerprint density at radius 2 is 1.88 bits per heavy atom. The van der Waals surface area contributed by atoms with Crippen LogP contribution in [0.4, 0.5) is 15.8 Å². The second-order valence-electron chi connectivity index (χ2n) is 13.5. The zero-order valence-corrected chi connectivity index (χ0v) is 29.5. The number of aromatic hydroxyl groups is 1. The molecule has 1 saturated heterocycles. The van der Waals surface area contributed by atoms with Crippen LogP contribution in [-0.4, -0.2) is 82.6 Å². The number of phenols is 1. The van der Waals surface area contributed by atoms with Gasteiger partial charge in [-0.15, -0.1) is 0 Å². The van der Waals surface area contributed by atoms with Crippen molar-refractivity contribution >= 4 is 45.8 Å². The van der Waals surface area contributed by atoms with Gasteiger partial charge in [0.25, 0.3) is 11.5 Å². The number of fused-ring (bicyclic) bond motifs is 5. The largest absolute Gasteiger partial charge is 0.507 e. The number of piperazine rings is 1. The van der Waals surface area contributed by atoms with E-state index < -0.39 is 17.4 Å². The number of aromatic nitrogens is 2. The molecule has 1 N–H and O–H groups in total. The Morgan fingerprint density at radius 3 is 2.51 bits per heavy atom. The van der Waals surface area contributed by atoms with E-state index in [1.807, 2.05) is 52.8 Å². The molecule has 2 amide bonds. The third kappa shape index (κ3) is 5.54. The van der Waals surface area contributed by atoms with Crippen LogP contribution in [-0.2, 0) is 16.1 Å². The Bertz CT molecular complexity index is 2090. The summed E-state index contributed by atoms with van der Waals surface area (Å²) in [4.78, 5) is 53.7. The van der Waals surface area contributed by atoms with Crippen molar-refractivity contribution in [3.63, 3.8) is 0 Å². The van der Waals surface area contributed by atoms with E-state index in [0.717, 1.165) is 16.7 Å². The molecule has 0 spiro atoms. The summed E-state index contributed by atoms with van der Waals surface area (Å²) >= 11 is 6.91. The maximum absolute atomic E-state index is 15.4. The minimum atomic E-state index is -0.795. The lowest BCUT2D eigenvalue weighted by molar-refractivity contribution is -0.129. The number of pyridine rings is 2. The molecule has 2 aromatic heterocycles. The van der Waals surface area contributed by atoms with Gasteiger partial charge in [0.2, 0.25) is 5.91 Å². The molecular weight excluding hydrogens is 647 g/mol. The van der Waals surface area contributed by atoms with Crippen molar-refractivity contribution in [3.8, 4) is 22.7 Å². The van der Waals surface area contributed by atoms with Crippen molar-refractivity contribution in [3.05, 3.63) is 86.9 Å². The average Bonchev–Trinajstić information content (AvgIpc) is 3.03. The van der Waals surface area contributed by atoms with E-state index in [9.17, 15) is 14.7 Å². The van der Waals surface area contributed by atoms with Crippen molar-refractivity contribution < 1.29 is 19.1 Å². The minimum absolute atomic E-state index is 0.0181. The normalized spacial score (nSPS) is 17.6. The summed E-state index contributed by atoms with van der Waals surface area (Å²) in [6.45, 7) is 12.6. The van der Waals surface area contributed by atoms with Crippen LogP contribution in [0.1, 0.15) is 43.4 Å². The highest BCUT2D eigenvalue weighted by Gasteiger charge is 2.46. The Balaban J connectivity index is 1.76. The third-order valence-electron chi connectivity index (χ3n) is 9.40. The fourth-order valence-corrected chi connectivity index (χ4v) is 7.58. The number of benzene rings is 2. The highest BCUT2D eigenvalue weighted by atomic mass is 35.5. The van der Waals surface area contributed by atoms with Gasteiger partial charge in [-0.2, -0.15) is 0 Å². The average molecular weight is 687 g/mol. The zero-order valence-electron chi connectivity index (χ0n) is 28.7. The number of hydrogen-bond donors (Lipinski definition) is 1. The van der Waals surface area contributed by atoms with Gasteiger partial charge in [-0.3, -0.25) is 19.0 Å². The third-order valence-corrected chi connectivity index (χ3v) is 9.69. The van der Waals surface area contributed by atoms with Crippen molar-refractivity contribution in [1.29, 1.82) is 0 Å². The molecule has 2 aliphatic heterocycles. The second-order valence-corrected chi connectivity index (χ2v) is 13.9. The van der Waals surface area contributed by atoms with Crippen LogP contribution in [0.25, 0.3) is 28.0 Å². The fourth-order valence-electron chi connectivity index (χ4n) is 7.34. The quantitative estimate of drug-likeness (QED) is 0.263. The molecular formula is C37H40ClFN6O4. The molecule has 49 heavy (non-hydrogen) atoms. The predicted molar refractivity (Wildman–Crippen MR) is 192 cm³/mol. The predicted octanol–water partition coefficient (Wildman–Crippen LogP) is 5.61. The number of phenolic OH excluding ortho intramolecular Hbond substituents is 1. The van der Waals surface area contributed by atoms with Crippen LogP contribution >= 0.6 is 11.6 Å². The smallest absolute Gasteiger partial charge is 0.282 e. The highest BCUT2D eigenvalue weighted by molar-refractivity contribution is 6.34. The van der Waals surface area contributed by atoms with E-state index >= 15 is 9.18 Å². The highest BCUT2D eigenvalue weighted by Crippen LogP contribution is 2.45. The van der Waals surface area contributed by atoms with E-state index in [4.69, 9.17) is 16.6 Å². The van der Waals surface area contributed by atoms with Gasteiger partial charge in [0.05, 0.1) is 34.2 Å². The number of halogens is 2. The summed E-state index contributed by atoms with van der Waals surface area (Å²) < 4.78 is 16.9. The Kier molecular flexibility index (Phi) is 8.79. The first kappa shape index (κ1) is 34.1. The molecule has 0 unspecified atom stereocenters. The number of amides is 2. The molecule has 12 heteroatoms. The number of hydrogen-bond acceptors (Lipinski definition) is 7. The number of carbonyl (C=O) groups excluding carboxylic acids is 2. The first-order valence-electron chi connectivity index (χ1n) is 16.2. The molecule has 2 atom stereocenters. The van der Waals surface area contributed by atoms with E-state index in [0.29, 0.717) is 23.3 Å². The SMILES string of the molecule is C=CC(=O)N1C[C@@H]2C(=O)N(C)c3c(c4cc(Cl)c(-c5c(O)cccc5F)nc4n(-c4c(C)cc(CN(C)C)cc4C(C)C)c3=O)N2[C@@H](C)C1. The monoisotopic (exact) mass is 686 g/mol. The number of nitrogens with zero attached hydrogens (tertiary/aromatic N) is 6. The van der Waals surface area contributed by atoms with Gasteiger partial charge in [0.1, 0.15) is 28.9 Å².